The highest BCUT2D eigenvalue weighted by Crippen LogP contribution is 2.10. The first-order valence-corrected chi connectivity index (χ1v) is 5.78. The average Bonchev–Trinajstić information content (AvgIpc) is 2.81. The second kappa shape index (κ2) is 4.96. The fourth-order valence-electron chi connectivity index (χ4n) is 1.28. The van der Waals surface area contributed by atoms with Gasteiger partial charge in [0.15, 0.2) is 0 Å². The van der Waals surface area contributed by atoms with Gasteiger partial charge in [0.25, 0.3) is 5.56 Å². The molecule has 18 heavy (non-hydrogen) atoms. The van der Waals surface area contributed by atoms with Crippen LogP contribution in [0.5, 0.6) is 5.88 Å². The van der Waals surface area contributed by atoms with E-state index in [4.69, 9.17) is 9.84 Å². The van der Waals surface area contributed by atoms with Gasteiger partial charge >= 0.3 is 5.97 Å². The van der Waals surface area contributed by atoms with Crippen molar-refractivity contribution in [2.24, 2.45) is 0 Å². The molecule has 2 aromatic rings. The number of carbonyl (C=O) groups is 1. The summed E-state index contributed by atoms with van der Waals surface area (Å²) >= 11 is 1.01. The summed E-state index contributed by atoms with van der Waals surface area (Å²) in [5.41, 5.74) is 0.168. The van der Waals surface area contributed by atoms with Crippen LogP contribution < -0.4 is 10.3 Å². The standard InChI is InChI=1S/C10H9N3O4S/c1-17-7-2-3-8(14)13(12-7)4-6-5-18-9(11-6)10(15)16/h2-3,5H,4H2,1H3,(H,15,16). The van der Waals surface area contributed by atoms with Crippen molar-refractivity contribution in [2.75, 3.05) is 7.11 Å². The Hall–Kier alpha value is -2.22. The number of methoxy groups -OCH3 is 1. The van der Waals surface area contributed by atoms with E-state index in [0.29, 0.717) is 11.6 Å². The minimum absolute atomic E-state index is 0.0130. The fraction of sp³-hybridized carbons (Fsp3) is 0.200. The molecular formula is C10H9N3O4S. The van der Waals surface area contributed by atoms with E-state index < -0.39 is 5.97 Å². The zero-order valence-corrected chi connectivity index (χ0v) is 10.2. The van der Waals surface area contributed by atoms with Crippen molar-refractivity contribution in [2.45, 2.75) is 6.54 Å². The molecule has 0 unspecified atom stereocenters. The third-order valence-electron chi connectivity index (χ3n) is 2.10. The first kappa shape index (κ1) is 12.2. The molecule has 0 radical (unpaired) electrons. The van der Waals surface area contributed by atoms with E-state index in [-0.39, 0.29) is 17.1 Å². The highest BCUT2D eigenvalue weighted by Gasteiger charge is 2.10. The lowest BCUT2D eigenvalue weighted by Crippen LogP contribution is -2.22. The summed E-state index contributed by atoms with van der Waals surface area (Å²) in [6.45, 7) is 0.111. The van der Waals surface area contributed by atoms with Gasteiger partial charge in [-0.25, -0.2) is 14.5 Å². The predicted octanol–water partition coefficient (Wildman–Crippen LogP) is 0.455. The third-order valence-corrected chi connectivity index (χ3v) is 2.98. The van der Waals surface area contributed by atoms with Crippen molar-refractivity contribution >= 4 is 17.3 Å². The van der Waals surface area contributed by atoms with E-state index in [1.807, 2.05) is 0 Å². The number of aromatic nitrogens is 3. The Morgan fingerprint density at radius 1 is 1.56 bits per heavy atom. The van der Waals surface area contributed by atoms with Gasteiger partial charge < -0.3 is 9.84 Å². The minimum Gasteiger partial charge on any atom is -0.480 e. The van der Waals surface area contributed by atoms with Crippen LogP contribution in [-0.2, 0) is 6.54 Å². The molecule has 0 bridgehead atoms. The van der Waals surface area contributed by atoms with Crippen molar-refractivity contribution in [3.63, 3.8) is 0 Å². The van der Waals surface area contributed by atoms with Gasteiger partial charge in [-0.2, -0.15) is 0 Å². The smallest absolute Gasteiger partial charge is 0.365 e. The molecule has 94 valence electrons. The highest BCUT2D eigenvalue weighted by atomic mass is 32.1. The first-order chi connectivity index (χ1) is 8.60. The quantitative estimate of drug-likeness (QED) is 0.864. The number of hydrogen-bond acceptors (Lipinski definition) is 6. The van der Waals surface area contributed by atoms with Crippen LogP contribution >= 0.6 is 11.3 Å². The second-order valence-corrected chi connectivity index (χ2v) is 4.18. The molecule has 0 saturated carbocycles. The molecule has 2 rings (SSSR count). The van der Waals surface area contributed by atoms with Crippen molar-refractivity contribution in [3.8, 4) is 5.88 Å². The average molecular weight is 267 g/mol. The van der Waals surface area contributed by atoms with E-state index in [1.54, 1.807) is 5.38 Å². The molecule has 0 aromatic carbocycles. The van der Waals surface area contributed by atoms with Gasteiger partial charge in [-0.15, -0.1) is 16.4 Å². The molecule has 8 heteroatoms. The van der Waals surface area contributed by atoms with Gasteiger partial charge in [-0.1, -0.05) is 0 Å². The van der Waals surface area contributed by atoms with Crippen LogP contribution in [0.15, 0.2) is 22.3 Å². The van der Waals surface area contributed by atoms with Gasteiger partial charge in [0.2, 0.25) is 10.9 Å². The SMILES string of the molecule is COc1ccc(=O)n(Cc2csc(C(=O)O)n2)n1. The van der Waals surface area contributed by atoms with Crippen molar-refractivity contribution in [3.05, 3.63) is 38.6 Å². The number of nitrogens with zero attached hydrogens (tertiary/aromatic N) is 3. The van der Waals surface area contributed by atoms with Crippen LogP contribution in [0, 0.1) is 0 Å². The normalized spacial score (nSPS) is 10.3. The maximum atomic E-state index is 11.5. The Kier molecular flexibility index (Phi) is 3.38. The maximum absolute atomic E-state index is 11.5. The minimum atomic E-state index is -1.09. The first-order valence-electron chi connectivity index (χ1n) is 4.90. The van der Waals surface area contributed by atoms with Crippen LogP contribution in [-0.4, -0.2) is 33.0 Å². The summed E-state index contributed by atoms with van der Waals surface area (Å²) in [5, 5.41) is 14.3. The Labute approximate surface area is 105 Å². The Bertz CT molecular complexity index is 634. The zero-order valence-electron chi connectivity index (χ0n) is 9.36. The van der Waals surface area contributed by atoms with Gasteiger partial charge in [0.05, 0.1) is 19.3 Å². The lowest BCUT2D eigenvalue weighted by Gasteiger charge is -2.03. The van der Waals surface area contributed by atoms with E-state index in [0.717, 1.165) is 11.3 Å². The lowest BCUT2D eigenvalue weighted by molar-refractivity contribution is 0.0696. The molecule has 0 aliphatic heterocycles. The summed E-state index contributed by atoms with van der Waals surface area (Å²) in [6, 6.07) is 2.79. The summed E-state index contributed by atoms with van der Waals surface area (Å²) in [6.07, 6.45) is 0. The van der Waals surface area contributed by atoms with E-state index in [2.05, 4.69) is 10.1 Å². The third kappa shape index (κ3) is 2.54. The Morgan fingerprint density at radius 2 is 2.33 bits per heavy atom. The molecule has 0 spiro atoms. The summed E-state index contributed by atoms with van der Waals surface area (Å²) < 4.78 is 6.07. The van der Waals surface area contributed by atoms with E-state index in [1.165, 1.54) is 23.9 Å². The molecule has 2 aromatic heterocycles. The second-order valence-electron chi connectivity index (χ2n) is 3.32. The Morgan fingerprint density at radius 3 is 2.94 bits per heavy atom. The molecule has 0 aliphatic carbocycles. The fourth-order valence-corrected chi connectivity index (χ4v) is 1.93. The molecule has 2 heterocycles. The molecular weight excluding hydrogens is 258 g/mol. The largest absolute Gasteiger partial charge is 0.480 e. The van der Waals surface area contributed by atoms with Crippen LogP contribution in [0.25, 0.3) is 0 Å². The Balaban J connectivity index is 2.27. The van der Waals surface area contributed by atoms with Crippen molar-refractivity contribution in [1.29, 1.82) is 0 Å². The topological polar surface area (TPSA) is 94.3 Å². The van der Waals surface area contributed by atoms with Crippen LogP contribution in [0.1, 0.15) is 15.5 Å². The van der Waals surface area contributed by atoms with Crippen LogP contribution in [0.4, 0.5) is 0 Å². The summed E-state index contributed by atoms with van der Waals surface area (Å²) in [4.78, 5) is 26.1. The maximum Gasteiger partial charge on any atom is 0.365 e. The molecule has 0 amide bonds. The molecule has 0 atom stereocenters. The highest BCUT2D eigenvalue weighted by molar-refractivity contribution is 7.11. The lowest BCUT2D eigenvalue weighted by atomic mass is 10.4. The van der Waals surface area contributed by atoms with E-state index in [9.17, 15) is 9.59 Å². The number of carboxylic acids is 1. The molecule has 7 nitrogen and oxygen atoms in total. The number of aromatic carboxylic acids is 1. The van der Waals surface area contributed by atoms with Gasteiger partial charge in [0.1, 0.15) is 0 Å². The van der Waals surface area contributed by atoms with Crippen molar-refractivity contribution < 1.29 is 14.6 Å². The molecule has 1 N–H and O–H groups in total. The number of ether oxygens (including phenoxy) is 1. The predicted molar refractivity (Wildman–Crippen MR) is 63.2 cm³/mol. The number of rotatable bonds is 4. The molecule has 0 fully saturated rings. The number of carboxylic acid groups (broad SMARTS) is 1. The molecule has 0 aliphatic rings. The van der Waals surface area contributed by atoms with Gasteiger partial charge in [-0.05, 0) is 0 Å². The van der Waals surface area contributed by atoms with E-state index >= 15 is 0 Å². The number of thiazole rings is 1. The monoisotopic (exact) mass is 267 g/mol. The molecule has 0 saturated heterocycles. The van der Waals surface area contributed by atoms with Gasteiger partial charge in [-0.3, -0.25) is 4.79 Å². The van der Waals surface area contributed by atoms with Crippen LogP contribution in [0.3, 0.4) is 0 Å². The number of hydrogen-bond donors (Lipinski definition) is 1. The zero-order chi connectivity index (χ0) is 13.1. The van der Waals surface area contributed by atoms with Crippen LogP contribution in [0.2, 0.25) is 0 Å². The van der Waals surface area contributed by atoms with Crippen molar-refractivity contribution in [1.82, 2.24) is 14.8 Å². The summed E-state index contributed by atoms with van der Waals surface area (Å²) in [7, 11) is 1.45. The summed E-state index contributed by atoms with van der Waals surface area (Å²) in [5.74, 6) is -0.777. The van der Waals surface area contributed by atoms with Gasteiger partial charge in [0, 0.05) is 17.5 Å².